The molecule has 1 fully saturated rings. The Morgan fingerprint density at radius 1 is 1.29 bits per heavy atom. The van der Waals surface area contributed by atoms with Crippen molar-refractivity contribution in [3.63, 3.8) is 0 Å². The van der Waals surface area contributed by atoms with E-state index in [1.165, 1.54) is 32.5 Å². The van der Waals surface area contributed by atoms with Crippen LogP contribution in [0, 0.1) is 0 Å². The standard InChI is InChI=1S/C11H25N3/c1-4-13(3)11(10-12)6-8-14(5-2)9-7-11/h4-10,12H2,1-3H3. The maximum atomic E-state index is 5.94. The maximum Gasteiger partial charge on any atom is 0.0352 e. The molecule has 0 aromatic carbocycles. The van der Waals surface area contributed by atoms with Crippen LogP contribution in [0.2, 0.25) is 0 Å². The molecule has 14 heavy (non-hydrogen) atoms. The summed E-state index contributed by atoms with van der Waals surface area (Å²) in [5.74, 6) is 0. The van der Waals surface area contributed by atoms with Gasteiger partial charge in [0.15, 0.2) is 0 Å². The number of piperidine rings is 1. The number of likely N-dealkylation sites (N-methyl/N-ethyl adjacent to an activating group) is 1. The van der Waals surface area contributed by atoms with Crippen LogP contribution in [-0.4, -0.2) is 55.1 Å². The fourth-order valence-corrected chi connectivity index (χ4v) is 2.36. The van der Waals surface area contributed by atoms with Crippen molar-refractivity contribution in [1.82, 2.24) is 9.80 Å². The van der Waals surface area contributed by atoms with Crippen LogP contribution in [0.4, 0.5) is 0 Å². The van der Waals surface area contributed by atoms with Gasteiger partial charge in [0.05, 0.1) is 0 Å². The van der Waals surface area contributed by atoms with Gasteiger partial charge in [-0.25, -0.2) is 0 Å². The molecule has 2 N–H and O–H groups in total. The maximum absolute atomic E-state index is 5.94. The molecule has 0 aromatic rings. The molecule has 1 aliphatic rings. The molecule has 3 nitrogen and oxygen atoms in total. The highest BCUT2D eigenvalue weighted by molar-refractivity contribution is 4.94. The normalized spacial score (nSPS) is 22.9. The van der Waals surface area contributed by atoms with Gasteiger partial charge in [-0.3, -0.25) is 4.90 Å². The summed E-state index contributed by atoms with van der Waals surface area (Å²) in [5.41, 5.74) is 6.22. The van der Waals surface area contributed by atoms with Gasteiger partial charge in [0.1, 0.15) is 0 Å². The third kappa shape index (κ3) is 2.27. The first kappa shape index (κ1) is 12.0. The van der Waals surface area contributed by atoms with E-state index >= 15 is 0 Å². The Labute approximate surface area is 88.2 Å². The molecular formula is C11H25N3. The van der Waals surface area contributed by atoms with Gasteiger partial charge < -0.3 is 10.6 Å². The molecule has 0 spiro atoms. The van der Waals surface area contributed by atoms with E-state index in [0.29, 0.717) is 0 Å². The Kier molecular flexibility index (Phi) is 4.35. The second-order valence-electron chi connectivity index (χ2n) is 4.38. The van der Waals surface area contributed by atoms with Crippen molar-refractivity contribution in [2.75, 3.05) is 39.8 Å². The van der Waals surface area contributed by atoms with Crippen LogP contribution < -0.4 is 5.73 Å². The number of hydrogen-bond donors (Lipinski definition) is 1. The van der Waals surface area contributed by atoms with Crippen LogP contribution in [0.15, 0.2) is 0 Å². The molecule has 0 amide bonds. The summed E-state index contributed by atoms with van der Waals surface area (Å²) in [7, 11) is 2.20. The molecule has 0 aliphatic carbocycles. The van der Waals surface area contributed by atoms with E-state index in [9.17, 15) is 0 Å². The summed E-state index contributed by atoms with van der Waals surface area (Å²) in [6, 6.07) is 0. The first-order valence-electron chi connectivity index (χ1n) is 5.82. The lowest BCUT2D eigenvalue weighted by Crippen LogP contribution is -2.58. The lowest BCUT2D eigenvalue weighted by molar-refractivity contribution is 0.0509. The van der Waals surface area contributed by atoms with Crippen LogP contribution in [0.5, 0.6) is 0 Å². The smallest absolute Gasteiger partial charge is 0.0352 e. The summed E-state index contributed by atoms with van der Waals surface area (Å²) < 4.78 is 0. The fourth-order valence-electron chi connectivity index (χ4n) is 2.36. The second kappa shape index (κ2) is 5.10. The molecule has 0 radical (unpaired) electrons. The number of rotatable bonds is 4. The third-order valence-electron chi connectivity index (χ3n) is 3.90. The van der Waals surface area contributed by atoms with E-state index in [4.69, 9.17) is 5.73 Å². The Morgan fingerprint density at radius 3 is 2.21 bits per heavy atom. The highest BCUT2D eigenvalue weighted by Crippen LogP contribution is 2.26. The van der Waals surface area contributed by atoms with Gasteiger partial charge in [-0.15, -0.1) is 0 Å². The van der Waals surface area contributed by atoms with Crippen LogP contribution in [-0.2, 0) is 0 Å². The predicted molar refractivity (Wildman–Crippen MR) is 61.4 cm³/mol. The second-order valence-corrected chi connectivity index (χ2v) is 4.38. The summed E-state index contributed by atoms with van der Waals surface area (Å²) in [6.07, 6.45) is 2.45. The van der Waals surface area contributed by atoms with Gasteiger partial charge in [-0.05, 0) is 46.1 Å². The average Bonchev–Trinajstić information content (AvgIpc) is 2.28. The summed E-state index contributed by atoms with van der Waals surface area (Å²) >= 11 is 0. The van der Waals surface area contributed by atoms with Crippen LogP contribution in [0.25, 0.3) is 0 Å². The monoisotopic (exact) mass is 199 g/mol. The van der Waals surface area contributed by atoms with Gasteiger partial charge in [0.25, 0.3) is 0 Å². The molecule has 0 bridgehead atoms. The lowest BCUT2D eigenvalue weighted by Gasteiger charge is -2.46. The van der Waals surface area contributed by atoms with E-state index in [0.717, 1.165) is 13.1 Å². The van der Waals surface area contributed by atoms with Crippen molar-refractivity contribution in [3.8, 4) is 0 Å². The fraction of sp³-hybridized carbons (Fsp3) is 1.00. The molecule has 0 saturated carbocycles. The molecule has 1 rings (SSSR count). The molecule has 0 atom stereocenters. The molecule has 3 heteroatoms. The minimum atomic E-state index is 0.278. The van der Waals surface area contributed by atoms with Gasteiger partial charge >= 0.3 is 0 Å². The zero-order valence-corrected chi connectivity index (χ0v) is 9.92. The largest absolute Gasteiger partial charge is 0.329 e. The first-order valence-corrected chi connectivity index (χ1v) is 5.82. The topological polar surface area (TPSA) is 32.5 Å². The molecule has 84 valence electrons. The van der Waals surface area contributed by atoms with Crippen LogP contribution >= 0.6 is 0 Å². The first-order chi connectivity index (χ1) is 6.68. The average molecular weight is 199 g/mol. The third-order valence-corrected chi connectivity index (χ3v) is 3.90. The summed E-state index contributed by atoms with van der Waals surface area (Å²) in [4.78, 5) is 4.94. The number of hydrogen-bond acceptors (Lipinski definition) is 3. The Hall–Kier alpha value is -0.120. The Morgan fingerprint density at radius 2 is 1.86 bits per heavy atom. The van der Waals surface area contributed by atoms with E-state index in [-0.39, 0.29) is 5.54 Å². The number of likely N-dealkylation sites (tertiary alicyclic amines) is 1. The molecule has 0 aromatic heterocycles. The van der Waals surface area contributed by atoms with Gasteiger partial charge in [-0.2, -0.15) is 0 Å². The van der Waals surface area contributed by atoms with Crippen molar-refractivity contribution in [1.29, 1.82) is 0 Å². The van der Waals surface area contributed by atoms with Crippen molar-refractivity contribution in [2.24, 2.45) is 5.73 Å². The van der Waals surface area contributed by atoms with E-state index in [1.54, 1.807) is 0 Å². The minimum absolute atomic E-state index is 0.278. The summed E-state index contributed by atoms with van der Waals surface area (Å²) in [5, 5.41) is 0. The van der Waals surface area contributed by atoms with Crippen molar-refractivity contribution in [3.05, 3.63) is 0 Å². The zero-order valence-electron chi connectivity index (χ0n) is 9.92. The van der Waals surface area contributed by atoms with E-state index in [1.807, 2.05) is 0 Å². The van der Waals surface area contributed by atoms with Gasteiger partial charge in [0.2, 0.25) is 0 Å². The van der Waals surface area contributed by atoms with Crippen LogP contribution in [0.1, 0.15) is 26.7 Å². The van der Waals surface area contributed by atoms with Crippen molar-refractivity contribution < 1.29 is 0 Å². The van der Waals surface area contributed by atoms with E-state index < -0.39 is 0 Å². The summed E-state index contributed by atoms with van der Waals surface area (Å²) in [6.45, 7) is 9.94. The lowest BCUT2D eigenvalue weighted by atomic mass is 9.86. The molecule has 1 aliphatic heterocycles. The van der Waals surface area contributed by atoms with Gasteiger partial charge in [-0.1, -0.05) is 13.8 Å². The highest BCUT2D eigenvalue weighted by Gasteiger charge is 2.35. The van der Waals surface area contributed by atoms with Crippen molar-refractivity contribution >= 4 is 0 Å². The Bertz CT molecular complexity index is 162. The highest BCUT2D eigenvalue weighted by atomic mass is 15.2. The quantitative estimate of drug-likeness (QED) is 0.725. The molecule has 1 heterocycles. The van der Waals surface area contributed by atoms with Crippen LogP contribution in [0.3, 0.4) is 0 Å². The van der Waals surface area contributed by atoms with Gasteiger partial charge in [0, 0.05) is 12.1 Å². The zero-order chi connectivity index (χ0) is 10.6. The SMILES string of the molecule is CCN1CCC(CN)(N(C)CC)CC1. The predicted octanol–water partition coefficient (Wildman–Crippen LogP) is 0.751. The molecular weight excluding hydrogens is 174 g/mol. The molecule has 1 saturated heterocycles. The van der Waals surface area contributed by atoms with Crippen molar-refractivity contribution in [2.45, 2.75) is 32.2 Å². The number of nitrogens with two attached hydrogens (primary N) is 1. The van der Waals surface area contributed by atoms with E-state index in [2.05, 4.69) is 30.7 Å². The molecule has 0 unspecified atom stereocenters. The Balaban J connectivity index is 2.56. The minimum Gasteiger partial charge on any atom is -0.329 e. The number of nitrogens with zero attached hydrogens (tertiary/aromatic N) is 2.